The number of carboxylic acids is 1. The molecule has 1 aliphatic rings. The fourth-order valence-corrected chi connectivity index (χ4v) is 4.23. The SMILES string of the molecule is N=C(N)NCCC[C@H](NC(=O)CNC(=O)[C@H](CCCNC(=N)N)NC(=O)CNC(=O)[C@H](CCCN)NC1OC1CN)C(=O)NCC(=O)O. The summed E-state index contributed by atoms with van der Waals surface area (Å²) in [5, 5.41) is 43.5. The van der Waals surface area contributed by atoms with Crippen LogP contribution in [0.15, 0.2) is 0 Å². The van der Waals surface area contributed by atoms with Crippen molar-refractivity contribution < 1.29 is 38.6 Å². The van der Waals surface area contributed by atoms with Crippen molar-refractivity contribution in [3.8, 4) is 0 Å². The number of nitrogens with two attached hydrogens (primary N) is 4. The van der Waals surface area contributed by atoms with Gasteiger partial charge in [0.2, 0.25) is 29.5 Å². The van der Waals surface area contributed by atoms with Crippen LogP contribution in [0.3, 0.4) is 0 Å². The fourth-order valence-electron chi connectivity index (χ4n) is 4.23. The minimum atomic E-state index is -1.29. The highest BCUT2D eigenvalue weighted by Gasteiger charge is 2.40. The van der Waals surface area contributed by atoms with Gasteiger partial charge in [-0.05, 0) is 45.1 Å². The molecule has 5 atom stereocenters. The Balaban J connectivity index is 2.77. The Kier molecular flexibility index (Phi) is 19.5. The molecule has 0 aromatic rings. The van der Waals surface area contributed by atoms with Crippen LogP contribution in [-0.2, 0) is 33.5 Å². The molecule has 0 spiro atoms. The van der Waals surface area contributed by atoms with E-state index in [1.807, 2.05) is 0 Å². The lowest BCUT2D eigenvalue weighted by atomic mass is 10.1. The summed E-state index contributed by atoms with van der Waals surface area (Å²) in [4.78, 5) is 74.5. The number of aliphatic carboxylic acids is 1. The van der Waals surface area contributed by atoms with E-state index < -0.39 is 73.3 Å². The van der Waals surface area contributed by atoms with Gasteiger partial charge < -0.3 is 70.0 Å². The van der Waals surface area contributed by atoms with Crippen molar-refractivity contribution >= 4 is 47.4 Å². The average Bonchev–Trinajstić information content (AvgIpc) is 3.80. The van der Waals surface area contributed by atoms with Crippen LogP contribution >= 0.6 is 0 Å². The zero-order valence-corrected chi connectivity index (χ0v) is 26.7. The Morgan fingerprint density at radius 1 is 0.667 bits per heavy atom. The maximum absolute atomic E-state index is 13.0. The van der Waals surface area contributed by atoms with Gasteiger partial charge in [0.15, 0.2) is 11.9 Å². The van der Waals surface area contributed by atoms with Crippen LogP contribution in [0.25, 0.3) is 0 Å². The normalized spacial score (nSPS) is 16.6. The third-order valence-electron chi connectivity index (χ3n) is 6.73. The Morgan fingerprint density at radius 3 is 1.50 bits per heavy atom. The van der Waals surface area contributed by atoms with E-state index in [0.717, 1.165) is 0 Å². The van der Waals surface area contributed by atoms with E-state index >= 15 is 0 Å². The third kappa shape index (κ3) is 18.4. The van der Waals surface area contributed by atoms with Crippen molar-refractivity contribution in [1.82, 2.24) is 42.5 Å². The smallest absolute Gasteiger partial charge is 0.322 e. The predicted molar refractivity (Wildman–Crippen MR) is 172 cm³/mol. The van der Waals surface area contributed by atoms with Crippen molar-refractivity contribution in [1.29, 1.82) is 10.8 Å². The number of guanidine groups is 2. The monoisotopic (exact) mass is 686 g/mol. The topological polar surface area (TPSA) is 383 Å². The largest absolute Gasteiger partial charge is 0.480 e. The molecule has 1 rings (SSSR count). The minimum Gasteiger partial charge on any atom is -0.480 e. The molecule has 0 saturated carbocycles. The van der Waals surface area contributed by atoms with Crippen LogP contribution in [0.1, 0.15) is 38.5 Å². The van der Waals surface area contributed by atoms with Gasteiger partial charge >= 0.3 is 5.97 Å². The second-order valence-electron chi connectivity index (χ2n) is 10.7. The van der Waals surface area contributed by atoms with E-state index in [1.54, 1.807) is 0 Å². The van der Waals surface area contributed by atoms with Crippen LogP contribution in [0.2, 0.25) is 0 Å². The first-order valence-electron chi connectivity index (χ1n) is 15.4. The minimum absolute atomic E-state index is 0.0584. The maximum atomic E-state index is 13.0. The van der Waals surface area contributed by atoms with E-state index in [4.69, 9.17) is 43.6 Å². The molecule has 1 heterocycles. The van der Waals surface area contributed by atoms with Crippen LogP contribution in [-0.4, -0.2) is 129 Å². The maximum Gasteiger partial charge on any atom is 0.322 e. The van der Waals surface area contributed by atoms with Gasteiger partial charge in [-0.3, -0.25) is 44.9 Å². The molecular formula is C26H50N14O8. The molecule has 5 amide bonds. The molecule has 19 N–H and O–H groups in total. The molecule has 0 bridgehead atoms. The first-order chi connectivity index (χ1) is 22.8. The summed E-state index contributed by atoms with van der Waals surface area (Å²) in [6.45, 7) is -0.693. The lowest BCUT2D eigenvalue weighted by Gasteiger charge is -2.21. The predicted octanol–water partition coefficient (Wildman–Crippen LogP) is -6.70. The van der Waals surface area contributed by atoms with E-state index in [9.17, 15) is 28.8 Å². The summed E-state index contributed by atoms with van der Waals surface area (Å²) in [6, 6.07) is -3.01. The molecule has 1 aliphatic heterocycles. The Labute approximate surface area is 277 Å². The summed E-state index contributed by atoms with van der Waals surface area (Å²) in [5.41, 5.74) is 21.7. The molecule has 272 valence electrons. The fraction of sp³-hybridized carbons (Fsp3) is 0.692. The molecule has 0 radical (unpaired) electrons. The summed E-state index contributed by atoms with van der Waals surface area (Å²) < 4.78 is 5.33. The lowest BCUT2D eigenvalue weighted by Crippen LogP contribution is -2.54. The number of ether oxygens (including phenoxy) is 1. The highest BCUT2D eigenvalue weighted by molar-refractivity contribution is 5.94. The first kappa shape index (κ1) is 41.2. The van der Waals surface area contributed by atoms with Gasteiger partial charge in [0.1, 0.15) is 31.0 Å². The summed E-state index contributed by atoms with van der Waals surface area (Å²) in [6.07, 6.45) is 1.01. The van der Waals surface area contributed by atoms with Gasteiger partial charge in [-0.1, -0.05) is 0 Å². The molecule has 0 aromatic carbocycles. The molecule has 1 fully saturated rings. The van der Waals surface area contributed by atoms with Gasteiger partial charge in [0.05, 0.1) is 19.1 Å². The molecular weight excluding hydrogens is 636 g/mol. The number of carboxylic acid groups (broad SMARTS) is 1. The van der Waals surface area contributed by atoms with Crippen molar-refractivity contribution in [3.63, 3.8) is 0 Å². The molecule has 0 aromatic heterocycles. The highest BCUT2D eigenvalue weighted by atomic mass is 16.6. The van der Waals surface area contributed by atoms with Crippen molar-refractivity contribution in [2.45, 2.75) is 69.0 Å². The number of carbonyl (C=O) groups is 6. The number of rotatable bonds is 25. The first-order valence-corrected chi connectivity index (χ1v) is 15.4. The van der Waals surface area contributed by atoms with Crippen molar-refractivity contribution in [2.75, 3.05) is 45.8 Å². The molecule has 22 heteroatoms. The summed E-state index contributed by atoms with van der Waals surface area (Å²) >= 11 is 0. The van der Waals surface area contributed by atoms with Crippen LogP contribution in [0, 0.1) is 10.8 Å². The summed E-state index contributed by atoms with van der Waals surface area (Å²) in [5.74, 6) is -5.33. The highest BCUT2D eigenvalue weighted by Crippen LogP contribution is 2.18. The van der Waals surface area contributed by atoms with E-state index in [2.05, 4.69) is 42.5 Å². The van der Waals surface area contributed by atoms with Crippen LogP contribution < -0.4 is 65.5 Å². The molecule has 1 saturated heterocycles. The Hall–Kier alpha value is -4.80. The second kappa shape index (κ2) is 22.7. The van der Waals surface area contributed by atoms with Gasteiger partial charge in [0, 0.05) is 19.6 Å². The van der Waals surface area contributed by atoms with E-state index in [1.165, 1.54) is 0 Å². The standard InChI is InChI=1S/C26H50N14O8/c27-7-1-4-16(40-24-17(10-28)48-24)23(47)36-12-19(42)38-14(5-2-8-33-25(29)30)21(45)35-11-18(41)39-15(6-3-9-34-26(31)32)22(46)37-13-20(43)44/h14-17,24,40H,1-13,27-28H2,(H,35,45)(H,36,47)(H,37,46)(H,38,42)(H,39,41)(H,43,44)(H4,29,30,33)(H4,31,32,34)/t14-,15-,16-,17?,24?/m0/s1. The molecule has 48 heavy (non-hydrogen) atoms. The van der Waals surface area contributed by atoms with Crippen LogP contribution in [0.4, 0.5) is 0 Å². The number of hydrogen-bond donors (Lipinski definition) is 15. The quantitative estimate of drug-likeness (QED) is 0.0184. The van der Waals surface area contributed by atoms with Crippen molar-refractivity contribution in [2.24, 2.45) is 22.9 Å². The number of nitrogens with one attached hydrogen (secondary N) is 10. The number of epoxide rings is 1. The van der Waals surface area contributed by atoms with Gasteiger partial charge in [-0.25, -0.2) is 0 Å². The third-order valence-corrected chi connectivity index (χ3v) is 6.73. The molecule has 2 unspecified atom stereocenters. The van der Waals surface area contributed by atoms with Gasteiger partial charge in [-0.15, -0.1) is 0 Å². The number of hydrogen-bond acceptors (Lipinski definition) is 12. The van der Waals surface area contributed by atoms with Gasteiger partial charge in [0.25, 0.3) is 0 Å². The molecule has 0 aliphatic carbocycles. The van der Waals surface area contributed by atoms with Crippen LogP contribution in [0.5, 0.6) is 0 Å². The Bertz CT molecular complexity index is 1130. The van der Waals surface area contributed by atoms with E-state index in [0.29, 0.717) is 19.4 Å². The number of amides is 5. The Morgan fingerprint density at radius 2 is 1.10 bits per heavy atom. The van der Waals surface area contributed by atoms with Gasteiger partial charge in [-0.2, -0.15) is 0 Å². The lowest BCUT2D eigenvalue weighted by molar-refractivity contribution is -0.138. The van der Waals surface area contributed by atoms with Crippen molar-refractivity contribution in [3.05, 3.63) is 0 Å². The summed E-state index contributed by atoms with van der Waals surface area (Å²) in [7, 11) is 0. The second-order valence-corrected chi connectivity index (χ2v) is 10.7. The molecule has 22 nitrogen and oxygen atoms in total. The zero-order chi connectivity index (χ0) is 36.1. The zero-order valence-electron chi connectivity index (χ0n) is 26.7. The average molecular weight is 687 g/mol. The number of carbonyl (C=O) groups excluding carboxylic acids is 5. The van der Waals surface area contributed by atoms with E-state index in [-0.39, 0.29) is 69.6 Å².